The summed E-state index contributed by atoms with van der Waals surface area (Å²) in [6.45, 7) is 45.6. The molecular weight excluding hydrogens is 721 g/mol. The van der Waals surface area contributed by atoms with Gasteiger partial charge in [-0.3, -0.25) is 0 Å². The molecule has 0 amide bonds. The molecule has 4 aliphatic carbocycles. The lowest BCUT2D eigenvalue weighted by Crippen LogP contribution is -2.71. The summed E-state index contributed by atoms with van der Waals surface area (Å²) in [5, 5.41) is 9.83. The predicted octanol–water partition coefficient (Wildman–Crippen LogP) is 6.68. The monoisotopic (exact) mass is 780 g/mol. The van der Waals surface area contributed by atoms with E-state index >= 15 is 0 Å². The Morgan fingerprint density at radius 3 is 0.471 bits per heavy atom. The number of fused-ring (bicyclic) bond motifs is 3. The summed E-state index contributed by atoms with van der Waals surface area (Å²) in [4.78, 5) is 0. The molecule has 0 atom stereocenters. The van der Waals surface area contributed by atoms with Gasteiger partial charge in [-0.25, -0.2) is 0 Å². The van der Waals surface area contributed by atoms with Crippen LogP contribution < -0.4 is 31.1 Å². The number of hydrogen-bond donors (Lipinski definition) is 0. The van der Waals surface area contributed by atoms with Crippen molar-refractivity contribution in [2.75, 3.05) is 0 Å². The van der Waals surface area contributed by atoms with E-state index in [9.17, 15) is 0 Å². The van der Waals surface area contributed by atoms with Crippen LogP contribution in [0.3, 0.4) is 0 Å². The van der Waals surface area contributed by atoms with Gasteiger partial charge in [-0.1, -0.05) is 185 Å². The van der Waals surface area contributed by atoms with Crippen LogP contribution in [0.5, 0.6) is 0 Å². The molecule has 3 aromatic carbocycles. The van der Waals surface area contributed by atoms with E-state index in [1.54, 1.807) is 31.1 Å². The first-order chi connectivity index (χ1) is 23.0. The van der Waals surface area contributed by atoms with Crippen LogP contribution in [-0.4, -0.2) is 48.4 Å². The Balaban J connectivity index is 1.32. The van der Waals surface area contributed by atoms with Crippen molar-refractivity contribution < 1.29 is 14.2 Å². The number of ether oxygens (including phenoxy) is 3. The molecule has 0 bridgehead atoms. The fraction of sp³-hybridized carbons (Fsp3) is 0.571. The second kappa shape index (κ2) is 8.33. The molecule has 270 valence electrons. The average Bonchev–Trinajstić information content (AvgIpc) is 3.84. The summed E-state index contributed by atoms with van der Waals surface area (Å²) < 4.78 is 23.1. The number of rotatable bonds is 6. The maximum Gasteiger partial charge on any atom is 0.168 e. The van der Waals surface area contributed by atoms with Gasteiger partial charge in [-0.2, -0.15) is 0 Å². The first-order valence-electron chi connectivity index (χ1n) is 19.7. The fourth-order valence-electron chi connectivity index (χ4n) is 12.2. The van der Waals surface area contributed by atoms with Crippen LogP contribution in [0.15, 0.2) is 36.4 Å². The van der Waals surface area contributed by atoms with E-state index in [-0.39, 0.29) is 0 Å². The van der Waals surface area contributed by atoms with E-state index in [1.807, 2.05) is 0 Å². The molecule has 3 heterocycles. The maximum atomic E-state index is 7.70. The summed E-state index contributed by atoms with van der Waals surface area (Å²) in [5.41, 5.74) is 5.64. The molecular formula is C42H60O3Si6. The summed E-state index contributed by atoms with van der Waals surface area (Å²) in [5.74, 6) is 0. The largest absolute Gasteiger partial charge is 0.345 e. The van der Waals surface area contributed by atoms with Crippen LogP contribution in [0, 0.1) is 0 Å². The van der Waals surface area contributed by atoms with Gasteiger partial charge in [0, 0.05) is 0 Å². The molecule has 1 saturated carbocycles. The van der Waals surface area contributed by atoms with Gasteiger partial charge in [-0.15, -0.1) is 0 Å². The van der Waals surface area contributed by atoms with Crippen molar-refractivity contribution in [2.45, 2.75) is 151 Å². The minimum atomic E-state index is -1.66. The first-order valence-corrected chi connectivity index (χ1v) is 40.7. The van der Waals surface area contributed by atoms with Crippen molar-refractivity contribution in [3.8, 4) is 0 Å². The van der Waals surface area contributed by atoms with Crippen LogP contribution in [-0.2, 0) is 47.8 Å². The van der Waals surface area contributed by atoms with Gasteiger partial charge in [0.05, 0.1) is 48.4 Å². The lowest BCUT2D eigenvalue weighted by Gasteiger charge is -2.56. The smallest absolute Gasteiger partial charge is 0.168 e. The molecule has 0 unspecified atom stereocenters. The summed E-state index contributed by atoms with van der Waals surface area (Å²) in [6, 6.07) is 15.9. The highest BCUT2D eigenvalue weighted by molar-refractivity contribution is 7.00. The summed E-state index contributed by atoms with van der Waals surface area (Å²) in [7, 11) is -9.96. The third-order valence-corrected chi connectivity index (χ3v) is 27.3. The Morgan fingerprint density at radius 2 is 0.373 bits per heavy atom. The van der Waals surface area contributed by atoms with Crippen molar-refractivity contribution in [3.05, 3.63) is 69.8 Å². The van der Waals surface area contributed by atoms with Crippen LogP contribution in [0.2, 0.25) is 118 Å². The standard InChI is InChI=1S/C42H60O3Si6/c1-46(2,3)31-19-25-26(20-32(31)47(4,5)6)38-37(25)39(43-37)27-21-33(48(7,8)9)34(49(10,11)12)22-28(27)41(39)42(45-41)30-24-36(51(16,17)18)35(50(13,14)15)23-29(30)40(38,42)44-38/h19-24H,1-18H3. The molecule has 0 aromatic heterocycles. The van der Waals surface area contributed by atoms with Crippen LogP contribution >= 0.6 is 0 Å². The second-order valence-corrected chi connectivity index (χ2v) is 54.0. The zero-order chi connectivity index (χ0) is 37.3. The highest BCUT2D eigenvalue weighted by Crippen LogP contribution is 3.09. The molecule has 51 heavy (non-hydrogen) atoms. The molecule has 0 N–H and O–H groups in total. The van der Waals surface area contributed by atoms with E-state index in [0.717, 1.165) is 0 Å². The number of hydrogen-bond acceptors (Lipinski definition) is 3. The molecule has 3 aliphatic heterocycles. The van der Waals surface area contributed by atoms with E-state index < -0.39 is 82.0 Å². The Kier molecular flexibility index (Phi) is 5.61. The fourth-order valence-corrected chi connectivity index (χ4v) is 27.7. The minimum Gasteiger partial charge on any atom is -0.345 e. The molecule has 4 fully saturated rings. The lowest BCUT2D eigenvalue weighted by molar-refractivity contribution is 0.112. The van der Waals surface area contributed by atoms with Gasteiger partial charge < -0.3 is 14.2 Å². The van der Waals surface area contributed by atoms with Gasteiger partial charge in [0.15, 0.2) is 33.6 Å². The minimum absolute atomic E-state index is 0.486. The number of benzene rings is 3. The van der Waals surface area contributed by atoms with E-state index in [4.69, 9.17) is 14.2 Å². The lowest BCUT2D eigenvalue weighted by atomic mass is 9.36. The number of epoxide rings is 3. The molecule has 6 spiro atoms. The van der Waals surface area contributed by atoms with E-state index in [2.05, 4.69) is 154 Å². The molecule has 0 radical (unpaired) electrons. The topological polar surface area (TPSA) is 37.6 Å². The average molecular weight is 781 g/mol. The normalized spacial score (nSPS) is 35.9. The Labute approximate surface area is 313 Å². The van der Waals surface area contributed by atoms with Crippen molar-refractivity contribution in [3.63, 3.8) is 0 Å². The van der Waals surface area contributed by atoms with Crippen LogP contribution in [0.4, 0.5) is 0 Å². The van der Waals surface area contributed by atoms with Crippen molar-refractivity contribution in [1.82, 2.24) is 0 Å². The SMILES string of the molecule is C[Si](C)(C)c1cc2c(cc1[Si](C)(C)C)C13OC14c1cc([Si](C)(C)C)c([Si](C)(C)C)cc1C41OC14c1cc([Si](C)(C)C)c([Si](C)(C)C)cc1C41OC213. The zero-order valence-corrected chi connectivity index (χ0v) is 40.7. The van der Waals surface area contributed by atoms with Gasteiger partial charge >= 0.3 is 0 Å². The van der Waals surface area contributed by atoms with Crippen molar-refractivity contribution >= 4 is 79.6 Å². The summed E-state index contributed by atoms with van der Waals surface area (Å²) in [6.07, 6.45) is 0. The van der Waals surface area contributed by atoms with Crippen LogP contribution in [0.1, 0.15) is 33.4 Å². The quantitative estimate of drug-likeness (QED) is 0.207. The Morgan fingerprint density at radius 1 is 0.255 bits per heavy atom. The molecule has 10 rings (SSSR count). The van der Waals surface area contributed by atoms with Crippen molar-refractivity contribution in [2.24, 2.45) is 0 Å². The molecule has 3 aromatic rings. The van der Waals surface area contributed by atoms with Gasteiger partial charge in [-0.05, 0) is 33.4 Å². The highest BCUT2D eigenvalue weighted by atomic mass is 28.3. The predicted molar refractivity (Wildman–Crippen MR) is 231 cm³/mol. The zero-order valence-electron chi connectivity index (χ0n) is 34.7. The second-order valence-electron chi connectivity index (χ2n) is 23.7. The maximum absolute atomic E-state index is 7.70. The Bertz CT molecular complexity index is 1810. The van der Waals surface area contributed by atoms with Gasteiger partial charge in [0.2, 0.25) is 0 Å². The van der Waals surface area contributed by atoms with Crippen LogP contribution in [0.25, 0.3) is 0 Å². The molecule has 7 aliphatic rings. The van der Waals surface area contributed by atoms with Gasteiger partial charge in [0.25, 0.3) is 0 Å². The third kappa shape index (κ3) is 3.14. The van der Waals surface area contributed by atoms with E-state index in [1.165, 1.54) is 33.4 Å². The van der Waals surface area contributed by atoms with E-state index in [0.29, 0.717) is 0 Å². The summed E-state index contributed by atoms with van der Waals surface area (Å²) >= 11 is 0. The van der Waals surface area contributed by atoms with Crippen molar-refractivity contribution in [1.29, 1.82) is 0 Å². The highest BCUT2D eigenvalue weighted by Gasteiger charge is 3.21. The molecule has 9 heteroatoms. The molecule has 3 saturated heterocycles. The third-order valence-electron chi connectivity index (χ3n) is 14.4. The Hall–Kier alpha value is -1.16. The first kappa shape index (κ1) is 34.3. The molecule has 3 nitrogen and oxygen atoms in total. The van der Waals surface area contributed by atoms with Gasteiger partial charge in [0.1, 0.15) is 0 Å².